The van der Waals surface area contributed by atoms with Gasteiger partial charge in [-0.3, -0.25) is 0 Å². The van der Waals surface area contributed by atoms with Crippen molar-refractivity contribution >= 4 is 20.0 Å². The van der Waals surface area contributed by atoms with Crippen LogP contribution in [0.3, 0.4) is 0 Å². The van der Waals surface area contributed by atoms with Crippen molar-refractivity contribution in [2.45, 2.75) is 30.2 Å². The monoisotopic (exact) mass is 368 g/mol. The second kappa shape index (κ2) is 7.02. The third-order valence-corrected chi connectivity index (χ3v) is 6.53. The molecule has 0 aromatic heterocycles. The maximum atomic E-state index is 12.5. The number of hydrogen-bond acceptors (Lipinski definition) is 4. The zero-order chi connectivity index (χ0) is 18.0. The Balaban J connectivity index is 2.24. The highest BCUT2D eigenvalue weighted by molar-refractivity contribution is 7.89. The normalized spacial score (nSPS) is 12.3. The van der Waals surface area contributed by atoms with Crippen LogP contribution in [0.25, 0.3) is 0 Å². The molecular weight excluding hydrogens is 348 g/mol. The van der Waals surface area contributed by atoms with E-state index >= 15 is 0 Å². The Hall–Kier alpha value is -1.74. The van der Waals surface area contributed by atoms with Gasteiger partial charge < -0.3 is 0 Å². The number of rotatable bonds is 6. The van der Waals surface area contributed by atoms with E-state index in [1.807, 2.05) is 13.0 Å². The Morgan fingerprint density at radius 2 is 1.62 bits per heavy atom. The van der Waals surface area contributed by atoms with Crippen LogP contribution in [0.1, 0.15) is 16.7 Å². The van der Waals surface area contributed by atoms with Gasteiger partial charge in [-0.25, -0.2) is 26.3 Å². The Morgan fingerprint density at radius 3 is 2.29 bits per heavy atom. The van der Waals surface area contributed by atoms with Crippen LogP contribution in [0.15, 0.2) is 52.3 Å². The van der Waals surface area contributed by atoms with E-state index < -0.39 is 20.0 Å². The molecule has 0 unspecified atom stereocenters. The Morgan fingerprint density at radius 1 is 0.917 bits per heavy atom. The van der Waals surface area contributed by atoms with E-state index in [9.17, 15) is 16.8 Å². The molecule has 0 saturated heterocycles. The first kappa shape index (κ1) is 18.6. The molecule has 0 amide bonds. The summed E-state index contributed by atoms with van der Waals surface area (Å²) in [6.07, 6.45) is 0. The van der Waals surface area contributed by atoms with Gasteiger partial charge in [-0.1, -0.05) is 24.3 Å². The minimum absolute atomic E-state index is 0.00277. The molecule has 2 N–H and O–H groups in total. The van der Waals surface area contributed by atoms with E-state index in [0.717, 1.165) is 5.56 Å². The van der Waals surface area contributed by atoms with Crippen LogP contribution >= 0.6 is 0 Å². The molecule has 0 fully saturated rings. The van der Waals surface area contributed by atoms with Gasteiger partial charge in [0.15, 0.2) is 0 Å². The molecule has 8 heteroatoms. The predicted octanol–water partition coefficient (Wildman–Crippen LogP) is 1.69. The number of benzene rings is 2. The standard InChI is InChI=1S/C16H20N2O4S2/c1-12-7-8-13(2)16(9-12)24(21,22)18-11-14-5-4-6-15(10-14)23(19,20)17-3/h4-10,17-18H,11H2,1-3H3. The minimum Gasteiger partial charge on any atom is -0.214 e. The second-order valence-corrected chi connectivity index (χ2v) is 9.07. The van der Waals surface area contributed by atoms with E-state index in [2.05, 4.69) is 9.44 Å². The first-order valence-corrected chi connectivity index (χ1v) is 10.2. The van der Waals surface area contributed by atoms with Crippen LogP contribution in [-0.4, -0.2) is 23.9 Å². The fraction of sp³-hybridized carbons (Fsp3) is 0.250. The largest absolute Gasteiger partial charge is 0.241 e. The minimum atomic E-state index is -3.68. The third-order valence-electron chi connectivity index (χ3n) is 3.58. The molecule has 2 aromatic rings. The van der Waals surface area contributed by atoms with Gasteiger partial charge in [-0.2, -0.15) is 0 Å². The quantitative estimate of drug-likeness (QED) is 0.811. The highest BCUT2D eigenvalue weighted by Crippen LogP contribution is 2.17. The SMILES string of the molecule is CNS(=O)(=O)c1cccc(CNS(=O)(=O)c2cc(C)ccc2C)c1. The van der Waals surface area contributed by atoms with Crippen LogP contribution < -0.4 is 9.44 Å². The van der Waals surface area contributed by atoms with E-state index in [-0.39, 0.29) is 16.3 Å². The average Bonchev–Trinajstić information content (AvgIpc) is 2.55. The number of aryl methyl sites for hydroxylation is 2. The van der Waals surface area contributed by atoms with Gasteiger partial charge in [0.05, 0.1) is 9.79 Å². The van der Waals surface area contributed by atoms with Crippen LogP contribution in [0, 0.1) is 13.8 Å². The lowest BCUT2D eigenvalue weighted by atomic mass is 10.2. The van der Waals surface area contributed by atoms with E-state index in [0.29, 0.717) is 11.1 Å². The Kier molecular flexibility index (Phi) is 5.44. The molecule has 0 bridgehead atoms. The molecule has 2 aromatic carbocycles. The molecule has 130 valence electrons. The van der Waals surface area contributed by atoms with Gasteiger partial charge in [0.25, 0.3) is 0 Å². The molecule has 2 rings (SSSR count). The van der Waals surface area contributed by atoms with Gasteiger partial charge in [-0.05, 0) is 55.8 Å². The van der Waals surface area contributed by atoms with E-state index in [4.69, 9.17) is 0 Å². The summed E-state index contributed by atoms with van der Waals surface area (Å²) in [5.41, 5.74) is 2.06. The lowest BCUT2D eigenvalue weighted by molar-refractivity contribution is 0.580. The van der Waals surface area contributed by atoms with Crippen molar-refractivity contribution in [3.63, 3.8) is 0 Å². The van der Waals surface area contributed by atoms with Crippen molar-refractivity contribution in [3.8, 4) is 0 Å². The first-order chi connectivity index (χ1) is 11.2. The van der Waals surface area contributed by atoms with Gasteiger partial charge >= 0.3 is 0 Å². The summed E-state index contributed by atoms with van der Waals surface area (Å²) < 4.78 is 53.3. The summed E-state index contributed by atoms with van der Waals surface area (Å²) in [7, 11) is -5.92. The van der Waals surface area contributed by atoms with Gasteiger partial charge in [0.2, 0.25) is 20.0 Å². The summed E-state index contributed by atoms with van der Waals surface area (Å²) in [5, 5.41) is 0. The van der Waals surface area contributed by atoms with Gasteiger partial charge in [0, 0.05) is 6.54 Å². The highest BCUT2D eigenvalue weighted by atomic mass is 32.2. The number of sulfonamides is 2. The van der Waals surface area contributed by atoms with Crippen molar-refractivity contribution in [2.24, 2.45) is 0 Å². The number of hydrogen-bond donors (Lipinski definition) is 2. The summed E-state index contributed by atoms with van der Waals surface area (Å²) in [6.45, 7) is 3.56. The topological polar surface area (TPSA) is 92.3 Å². The molecule has 24 heavy (non-hydrogen) atoms. The summed E-state index contributed by atoms with van der Waals surface area (Å²) >= 11 is 0. The molecule has 0 spiro atoms. The third kappa shape index (κ3) is 4.21. The molecule has 0 heterocycles. The smallest absolute Gasteiger partial charge is 0.214 e. The molecule has 0 aliphatic heterocycles. The van der Waals surface area contributed by atoms with Crippen molar-refractivity contribution in [3.05, 3.63) is 59.2 Å². The van der Waals surface area contributed by atoms with Crippen LogP contribution in [0.4, 0.5) is 0 Å². The van der Waals surface area contributed by atoms with E-state index in [1.165, 1.54) is 19.2 Å². The zero-order valence-corrected chi connectivity index (χ0v) is 15.3. The zero-order valence-electron chi connectivity index (χ0n) is 13.7. The molecule has 0 aliphatic rings. The molecule has 0 radical (unpaired) electrons. The maximum Gasteiger partial charge on any atom is 0.241 e. The summed E-state index contributed by atoms with van der Waals surface area (Å²) in [6, 6.07) is 11.3. The van der Waals surface area contributed by atoms with Gasteiger partial charge in [-0.15, -0.1) is 0 Å². The Bertz CT molecular complexity index is 952. The molecule has 6 nitrogen and oxygen atoms in total. The first-order valence-electron chi connectivity index (χ1n) is 7.25. The highest BCUT2D eigenvalue weighted by Gasteiger charge is 2.17. The van der Waals surface area contributed by atoms with Crippen molar-refractivity contribution in [1.82, 2.24) is 9.44 Å². The van der Waals surface area contributed by atoms with Crippen LogP contribution in [0.2, 0.25) is 0 Å². The van der Waals surface area contributed by atoms with Crippen molar-refractivity contribution < 1.29 is 16.8 Å². The fourth-order valence-electron chi connectivity index (χ4n) is 2.19. The lowest BCUT2D eigenvalue weighted by Crippen LogP contribution is -2.24. The van der Waals surface area contributed by atoms with E-state index in [1.54, 1.807) is 31.2 Å². The van der Waals surface area contributed by atoms with Crippen LogP contribution in [0.5, 0.6) is 0 Å². The summed E-state index contributed by atoms with van der Waals surface area (Å²) in [5.74, 6) is 0. The van der Waals surface area contributed by atoms with Crippen molar-refractivity contribution in [2.75, 3.05) is 7.05 Å². The molecular formula is C16H20N2O4S2. The average molecular weight is 368 g/mol. The molecule has 0 saturated carbocycles. The van der Waals surface area contributed by atoms with Crippen LogP contribution in [-0.2, 0) is 26.6 Å². The van der Waals surface area contributed by atoms with Crippen molar-refractivity contribution in [1.29, 1.82) is 0 Å². The fourth-order valence-corrected chi connectivity index (χ4v) is 4.34. The Labute approximate surface area is 143 Å². The second-order valence-electron chi connectivity index (χ2n) is 5.45. The summed E-state index contributed by atoms with van der Waals surface area (Å²) in [4.78, 5) is 0.315. The number of nitrogens with one attached hydrogen (secondary N) is 2. The predicted molar refractivity (Wildman–Crippen MR) is 92.6 cm³/mol. The maximum absolute atomic E-state index is 12.5. The molecule has 0 atom stereocenters. The van der Waals surface area contributed by atoms with Gasteiger partial charge in [0.1, 0.15) is 0 Å². The molecule has 0 aliphatic carbocycles. The lowest BCUT2D eigenvalue weighted by Gasteiger charge is -2.11.